The summed E-state index contributed by atoms with van der Waals surface area (Å²) in [7, 11) is 0. The van der Waals surface area contributed by atoms with Gasteiger partial charge in [-0.15, -0.1) is 0 Å². The van der Waals surface area contributed by atoms with E-state index in [-0.39, 0.29) is 5.41 Å². The van der Waals surface area contributed by atoms with Crippen molar-refractivity contribution in [3.05, 3.63) is 71.8 Å². The van der Waals surface area contributed by atoms with Gasteiger partial charge in [-0.3, -0.25) is 0 Å². The average molecular weight is 367 g/mol. The number of ether oxygens (including phenoxy) is 2. The van der Waals surface area contributed by atoms with Gasteiger partial charge in [0.05, 0.1) is 13.2 Å². The molecule has 3 heteroatoms. The summed E-state index contributed by atoms with van der Waals surface area (Å²) in [4.78, 5) is 0. The molecule has 1 saturated carbocycles. The van der Waals surface area contributed by atoms with Crippen molar-refractivity contribution in [3.8, 4) is 0 Å². The Labute approximate surface area is 162 Å². The molecule has 2 aliphatic rings. The van der Waals surface area contributed by atoms with Crippen LogP contribution in [0.15, 0.2) is 60.7 Å². The molecule has 1 saturated heterocycles. The minimum atomic E-state index is -1.01. The van der Waals surface area contributed by atoms with Crippen molar-refractivity contribution >= 4 is 0 Å². The van der Waals surface area contributed by atoms with E-state index in [4.69, 9.17) is 9.47 Å². The van der Waals surface area contributed by atoms with Crippen molar-refractivity contribution in [1.29, 1.82) is 0 Å². The minimum absolute atomic E-state index is 0.0840. The third-order valence-electron chi connectivity index (χ3n) is 6.70. The summed E-state index contributed by atoms with van der Waals surface area (Å²) in [5, 5.41) is 11.8. The first kappa shape index (κ1) is 18.7. The molecule has 1 aliphatic carbocycles. The lowest BCUT2D eigenvalue weighted by atomic mass is 9.65. The lowest BCUT2D eigenvalue weighted by molar-refractivity contribution is -0.255. The summed E-state index contributed by atoms with van der Waals surface area (Å²) in [5.41, 5.74) is 0.790. The SMILES string of the molecule is CC1(CCC(O)(c2ccccc2)c2ccccc2)CCCCC12OCCO2. The van der Waals surface area contributed by atoms with Crippen LogP contribution in [-0.4, -0.2) is 24.1 Å². The first-order valence-electron chi connectivity index (χ1n) is 10.2. The first-order chi connectivity index (χ1) is 13.1. The zero-order valence-corrected chi connectivity index (χ0v) is 16.2. The molecule has 2 fully saturated rings. The van der Waals surface area contributed by atoms with Crippen molar-refractivity contribution < 1.29 is 14.6 Å². The predicted molar refractivity (Wildman–Crippen MR) is 106 cm³/mol. The number of hydrogen-bond acceptors (Lipinski definition) is 3. The molecule has 3 nitrogen and oxygen atoms in total. The fourth-order valence-electron chi connectivity index (χ4n) is 4.97. The number of aliphatic hydroxyl groups is 1. The Bertz CT molecular complexity index is 697. The van der Waals surface area contributed by atoms with Crippen LogP contribution in [0.2, 0.25) is 0 Å². The van der Waals surface area contributed by atoms with Gasteiger partial charge in [-0.25, -0.2) is 0 Å². The fourth-order valence-corrected chi connectivity index (χ4v) is 4.97. The van der Waals surface area contributed by atoms with E-state index in [1.807, 2.05) is 60.7 Å². The van der Waals surface area contributed by atoms with E-state index in [9.17, 15) is 5.11 Å². The molecule has 1 unspecified atom stereocenters. The highest BCUT2D eigenvalue weighted by Gasteiger charge is 2.54. The smallest absolute Gasteiger partial charge is 0.173 e. The van der Waals surface area contributed by atoms with Crippen LogP contribution in [0.1, 0.15) is 56.6 Å². The summed E-state index contributed by atoms with van der Waals surface area (Å²) < 4.78 is 12.3. The van der Waals surface area contributed by atoms with Gasteiger partial charge in [0, 0.05) is 11.8 Å². The van der Waals surface area contributed by atoms with E-state index in [2.05, 4.69) is 6.92 Å². The Hall–Kier alpha value is -1.68. The molecule has 1 heterocycles. The van der Waals surface area contributed by atoms with Gasteiger partial charge >= 0.3 is 0 Å². The maximum Gasteiger partial charge on any atom is 0.173 e. The highest BCUT2D eigenvalue weighted by molar-refractivity contribution is 5.35. The average Bonchev–Trinajstić information content (AvgIpc) is 3.20. The molecule has 0 amide bonds. The van der Waals surface area contributed by atoms with Gasteiger partial charge in [0.1, 0.15) is 5.60 Å². The van der Waals surface area contributed by atoms with Gasteiger partial charge in [0.15, 0.2) is 5.79 Å². The highest BCUT2D eigenvalue weighted by atomic mass is 16.7. The number of benzene rings is 2. The van der Waals surface area contributed by atoms with Crippen LogP contribution < -0.4 is 0 Å². The lowest BCUT2D eigenvalue weighted by Crippen LogP contribution is -2.50. The largest absolute Gasteiger partial charge is 0.380 e. The third-order valence-corrected chi connectivity index (χ3v) is 6.70. The van der Waals surface area contributed by atoms with Gasteiger partial charge in [-0.05, 0) is 36.8 Å². The molecule has 144 valence electrons. The van der Waals surface area contributed by atoms with Crippen molar-refractivity contribution in [3.63, 3.8) is 0 Å². The van der Waals surface area contributed by atoms with Crippen molar-refractivity contribution in [2.24, 2.45) is 5.41 Å². The quantitative estimate of drug-likeness (QED) is 0.807. The van der Waals surface area contributed by atoms with Crippen molar-refractivity contribution in [2.45, 2.75) is 56.8 Å². The van der Waals surface area contributed by atoms with Crippen LogP contribution >= 0.6 is 0 Å². The summed E-state index contributed by atoms with van der Waals surface area (Å²) in [5.74, 6) is -0.473. The molecule has 2 aromatic carbocycles. The van der Waals surface area contributed by atoms with E-state index < -0.39 is 11.4 Å². The summed E-state index contributed by atoms with van der Waals surface area (Å²) in [6.07, 6.45) is 5.88. The Balaban J connectivity index is 1.64. The van der Waals surface area contributed by atoms with Crippen LogP contribution in [0.4, 0.5) is 0 Å². The Kier molecular flexibility index (Phi) is 5.11. The molecular formula is C24H30O3. The van der Waals surface area contributed by atoms with Crippen LogP contribution in [0, 0.1) is 5.41 Å². The highest BCUT2D eigenvalue weighted by Crippen LogP contribution is 2.53. The molecule has 0 aromatic heterocycles. The Morgan fingerprint density at radius 3 is 1.93 bits per heavy atom. The summed E-state index contributed by atoms with van der Waals surface area (Å²) in [6, 6.07) is 20.1. The molecule has 1 atom stereocenters. The molecule has 1 spiro atoms. The van der Waals surface area contributed by atoms with Crippen LogP contribution in [0.5, 0.6) is 0 Å². The van der Waals surface area contributed by atoms with Gasteiger partial charge < -0.3 is 14.6 Å². The van der Waals surface area contributed by atoms with Crippen LogP contribution in [0.3, 0.4) is 0 Å². The molecule has 2 aromatic rings. The molecular weight excluding hydrogens is 336 g/mol. The van der Waals surface area contributed by atoms with Gasteiger partial charge in [0.25, 0.3) is 0 Å². The maximum absolute atomic E-state index is 11.8. The molecule has 4 rings (SSSR count). The van der Waals surface area contributed by atoms with Gasteiger partial charge in [0.2, 0.25) is 0 Å². The number of rotatable bonds is 5. The third kappa shape index (κ3) is 3.33. The predicted octanol–water partition coefficient (Wildman–Crippen LogP) is 5.03. The van der Waals surface area contributed by atoms with E-state index in [0.717, 1.165) is 36.8 Å². The van der Waals surface area contributed by atoms with Gasteiger partial charge in [-0.1, -0.05) is 74.0 Å². The van der Waals surface area contributed by atoms with Gasteiger partial charge in [-0.2, -0.15) is 0 Å². The molecule has 1 N–H and O–H groups in total. The van der Waals surface area contributed by atoms with E-state index in [0.29, 0.717) is 19.6 Å². The van der Waals surface area contributed by atoms with E-state index in [1.54, 1.807) is 0 Å². The molecule has 1 aliphatic heterocycles. The molecule has 0 radical (unpaired) electrons. The summed E-state index contributed by atoms with van der Waals surface area (Å²) >= 11 is 0. The normalized spacial score (nSPS) is 25.0. The maximum atomic E-state index is 11.8. The second kappa shape index (κ2) is 7.38. The fraction of sp³-hybridized carbons (Fsp3) is 0.500. The van der Waals surface area contributed by atoms with Crippen molar-refractivity contribution in [1.82, 2.24) is 0 Å². The topological polar surface area (TPSA) is 38.7 Å². The first-order valence-corrected chi connectivity index (χ1v) is 10.2. The Morgan fingerprint density at radius 1 is 0.852 bits per heavy atom. The van der Waals surface area contributed by atoms with Crippen molar-refractivity contribution in [2.75, 3.05) is 13.2 Å². The second-order valence-electron chi connectivity index (χ2n) is 8.31. The minimum Gasteiger partial charge on any atom is -0.380 e. The lowest BCUT2D eigenvalue weighted by Gasteiger charge is -2.49. The van der Waals surface area contributed by atoms with Crippen LogP contribution in [0.25, 0.3) is 0 Å². The molecule has 0 bridgehead atoms. The second-order valence-corrected chi connectivity index (χ2v) is 8.31. The zero-order chi connectivity index (χ0) is 18.8. The zero-order valence-electron chi connectivity index (χ0n) is 16.2. The Morgan fingerprint density at radius 2 is 1.37 bits per heavy atom. The summed E-state index contributed by atoms with van der Waals surface area (Å²) in [6.45, 7) is 3.64. The monoisotopic (exact) mass is 366 g/mol. The number of hydrogen-bond donors (Lipinski definition) is 1. The van der Waals surface area contributed by atoms with Crippen LogP contribution in [-0.2, 0) is 15.1 Å². The van der Waals surface area contributed by atoms with E-state index in [1.165, 1.54) is 6.42 Å². The molecule has 27 heavy (non-hydrogen) atoms. The standard InChI is InChI=1S/C24H30O3/c1-22(14-8-9-15-24(22)26-18-19-27-24)16-17-23(25,20-10-4-2-5-11-20)21-12-6-3-7-13-21/h2-7,10-13,25H,8-9,14-19H2,1H3. The van der Waals surface area contributed by atoms with E-state index >= 15 is 0 Å².